The van der Waals surface area contributed by atoms with Crippen LogP contribution in [-0.2, 0) is 11.3 Å². The van der Waals surface area contributed by atoms with Gasteiger partial charge in [-0.3, -0.25) is 9.59 Å². The maximum absolute atomic E-state index is 13.0. The fourth-order valence-corrected chi connectivity index (χ4v) is 3.45. The zero-order chi connectivity index (χ0) is 18.7. The van der Waals surface area contributed by atoms with Gasteiger partial charge in [-0.05, 0) is 31.0 Å². The van der Waals surface area contributed by atoms with Crippen LogP contribution in [0, 0.1) is 0 Å². The highest BCUT2D eigenvalue weighted by Gasteiger charge is 2.28. The summed E-state index contributed by atoms with van der Waals surface area (Å²) in [5, 5.41) is 0. The van der Waals surface area contributed by atoms with Crippen LogP contribution in [0.2, 0.25) is 0 Å². The van der Waals surface area contributed by atoms with E-state index in [0.717, 1.165) is 30.9 Å². The number of hydrogen-bond acceptors (Lipinski definition) is 4. The highest BCUT2D eigenvalue weighted by Crippen LogP contribution is 2.27. The molecule has 0 aliphatic carbocycles. The summed E-state index contributed by atoms with van der Waals surface area (Å²) in [5.74, 6) is 0.572. The van der Waals surface area contributed by atoms with Crippen LogP contribution in [0.1, 0.15) is 34.9 Å². The predicted molar refractivity (Wildman–Crippen MR) is 100 cm³/mol. The lowest BCUT2D eigenvalue weighted by Gasteiger charge is -2.33. The number of likely N-dealkylation sites (tertiary alicyclic amines) is 1. The first kappa shape index (κ1) is 18.0. The summed E-state index contributed by atoms with van der Waals surface area (Å²) in [4.78, 5) is 32.5. The molecule has 2 amide bonds. The Morgan fingerprint density at radius 3 is 2.88 bits per heavy atom. The summed E-state index contributed by atoms with van der Waals surface area (Å²) in [6, 6.07) is 7.66. The molecule has 1 saturated heterocycles. The van der Waals surface area contributed by atoms with Gasteiger partial charge in [-0.1, -0.05) is 6.07 Å². The Morgan fingerprint density at radius 1 is 1.35 bits per heavy atom. The van der Waals surface area contributed by atoms with Crippen molar-refractivity contribution < 1.29 is 9.59 Å². The zero-order valence-corrected chi connectivity index (χ0v) is 15.3. The molecule has 3 rings (SSSR count). The Bertz CT molecular complexity index is 799. The highest BCUT2D eigenvalue weighted by molar-refractivity contribution is 5.95. The zero-order valence-electron chi connectivity index (χ0n) is 15.3. The number of rotatable bonds is 5. The van der Waals surface area contributed by atoms with Crippen molar-refractivity contribution in [2.45, 2.75) is 25.3 Å². The van der Waals surface area contributed by atoms with E-state index in [1.165, 1.54) is 0 Å². The molecule has 26 heavy (non-hydrogen) atoms. The number of imidazole rings is 1. The molecule has 1 unspecified atom stereocenters. The monoisotopic (exact) mass is 355 g/mol. The SMILES string of the molecule is CN(C)c1cccc(C(=O)N2CCCC(c3nccn3CC(N)=O)C2)c1. The molecular weight excluding hydrogens is 330 g/mol. The highest BCUT2D eigenvalue weighted by atomic mass is 16.2. The van der Waals surface area contributed by atoms with E-state index in [-0.39, 0.29) is 18.4 Å². The number of nitrogens with two attached hydrogens (primary N) is 1. The van der Waals surface area contributed by atoms with Crippen LogP contribution in [-0.4, -0.2) is 53.5 Å². The fourth-order valence-electron chi connectivity index (χ4n) is 3.45. The topological polar surface area (TPSA) is 84.5 Å². The van der Waals surface area contributed by atoms with Crippen molar-refractivity contribution in [2.24, 2.45) is 5.73 Å². The lowest BCUT2D eigenvalue weighted by molar-refractivity contribution is -0.118. The second-order valence-corrected chi connectivity index (χ2v) is 6.91. The van der Waals surface area contributed by atoms with Crippen LogP contribution in [0.15, 0.2) is 36.7 Å². The summed E-state index contributed by atoms with van der Waals surface area (Å²) in [6.45, 7) is 1.45. The van der Waals surface area contributed by atoms with Crippen molar-refractivity contribution in [3.05, 3.63) is 48.0 Å². The standard InChI is InChI=1S/C19H25N5O2/c1-22(2)16-7-3-5-14(11-16)19(26)24-9-4-6-15(12-24)18-21-8-10-23(18)13-17(20)25/h3,5,7-8,10-11,15H,4,6,9,12-13H2,1-2H3,(H2,20,25). The average molecular weight is 355 g/mol. The van der Waals surface area contributed by atoms with Gasteiger partial charge in [0.15, 0.2) is 0 Å². The van der Waals surface area contributed by atoms with Crippen molar-refractivity contribution in [3.8, 4) is 0 Å². The molecule has 2 heterocycles. The van der Waals surface area contributed by atoms with Gasteiger partial charge < -0.3 is 20.1 Å². The van der Waals surface area contributed by atoms with E-state index in [0.29, 0.717) is 12.1 Å². The van der Waals surface area contributed by atoms with Gasteiger partial charge in [0.2, 0.25) is 5.91 Å². The average Bonchev–Trinajstić information content (AvgIpc) is 3.08. The van der Waals surface area contributed by atoms with Crippen LogP contribution in [0.25, 0.3) is 0 Å². The van der Waals surface area contributed by atoms with Gasteiger partial charge in [-0.2, -0.15) is 0 Å². The number of amides is 2. The second-order valence-electron chi connectivity index (χ2n) is 6.91. The fraction of sp³-hybridized carbons (Fsp3) is 0.421. The van der Waals surface area contributed by atoms with Gasteiger partial charge >= 0.3 is 0 Å². The summed E-state index contributed by atoms with van der Waals surface area (Å²) in [5.41, 5.74) is 7.01. The normalized spacial score (nSPS) is 17.2. The van der Waals surface area contributed by atoms with E-state index in [9.17, 15) is 9.59 Å². The van der Waals surface area contributed by atoms with Crippen LogP contribution in [0.3, 0.4) is 0 Å². The number of primary amides is 1. The maximum atomic E-state index is 13.0. The van der Waals surface area contributed by atoms with Crippen molar-refractivity contribution in [2.75, 3.05) is 32.1 Å². The smallest absolute Gasteiger partial charge is 0.253 e. The third kappa shape index (κ3) is 3.87. The third-order valence-corrected chi connectivity index (χ3v) is 4.76. The minimum Gasteiger partial charge on any atom is -0.378 e. The Morgan fingerprint density at radius 2 is 2.15 bits per heavy atom. The van der Waals surface area contributed by atoms with Crippen molar-refractivity contribution in [1.82, 2.24) is 14.5 Å². The Hall–Kier alpha value is -2.83. The molecule has 1 aliphatic rings. The molecule has 0 radical (unpaired) electrons. The molecule has 7 nitrogen and oxygen atoms in total. The molecule has 7 heteroatoms. The van der Waals surface area contributed by atoms with Gasteiger partial charge in [-0.15, -0.1) is 0 Å². The van der Waals surface area contributed by atoms with E-state index in [1.54, 1.807) is 17.0 Å². The van der Waals surface area contributed by atoms with Gasteiger partial charge in [0, 0.05) is 56.7 Å². The van der Waals surface area contributed by atoms with Gasteiger partial charge in [0.05, 0.1) is 0 Å². The van der Waals surface area contributed by atoms with E-state index < -0.39 is 5.91 Å². The molecule has 1 atom stereocenters. The Balaban J connectivity index is 1.76. The van der Waals surface area contributed by atoms with Crippen LogP contribution >= 0.6 is 0 Å². The third-order valence-electron chi connectivity index (χ3n) is 4.76. The number of carbonyl (C=O) groups excluding carboxylic acids is 2. The minimum absolute atomic E-state index is 0.0337. The Labute approximate surface area is 153 Å². The quantitative estimate of drug-likeness (QED) is 0.880. The number of hydrogen-bond donors (Lipinski definition) is 1. The molecule has 1 aliphatic heterocycles. The summed E-state index contributed by atoms with van der Waals surface area (Å²) in [7, 11) is 3.91. The first-order chi connectivity index (χ1) is 12.5. The molecule has 1 aromatic heterocycles. The van der Waals surface area contributed by atoms with Gasteiger partial charge in [-0.25, -0.2) is 4.98 Å². The van der Waals surface area contributed by atoms with Crippen LogP contribution in [0.5, 0.6) is 0 Å². The summed E-state index contributed by atoms with van der Waals surface area (Å²) in [6.07, 6.45) is 5.30. The molecule has 2 aromatic rings. The number of anilines is 1. The van der Waals surface area contributed by atoms with Gasteiger partial charge in [0.1, 0.15) is 12.4 Å². The number of carbonyl (C=O) groups is 2. The van der Waals surface area contributed by atoms with Crippen molar-refractivity contribution >= 4 is 17.5 Å². The van der Waals surface area contributed by atoms with Crippen molar-refractivity contribution in [1.29, 1.82) is 0 Å². The molecule has 1 aromatic carbocycles. The van der Waals surface area contributed by atoms with Crippen LogP contribution in [0.4, 0.5) is 5.69 Å². The first-order valence-electron chi connectivity index (χ1n) is 8.81. The Kier molecular flexibility index (Phi) is 5.25. The molecule has 138 valence electrons. The summed E-state index contributed by atoms with van der Waals surface area (Å²) < 4.78 is 1.79. The van der Waals surface area contributed by atoms with Gasteiger partial charge in [0.25, 0.3) is 5.91 Å². The molecule has 2 N–H and O–H groups in total. The van der Waals surface area contributed by atoms with Crippen LogP contribution < -0.4 is 10.6 Å². The first-order valence-corrected chi connectivity index (χ1v) is 8.81. The lowest BCUT2D eigenvalue weighted by Crippen LogP contribution is -2.40. The van der Waals surface area contributed by atoms with Crippen molar-refractivity contribution in [3.63, 3.8) is 0 Å². The largest absolute Gasteiger partial charge is 0.378 e. The van der Waals surface area contributed by atoms with E-state index >= 15 is 0 Å². The number of benzene rings is 1. The molecular formula is C19H25N5O2. The number of aromatic nitrogens is 2. The molecule has 0 spiro atoms. The summed E-state index contributed by atoms with van der Waals surface area (Å²) >= 11 is 0. The number of nitrogens with zero attached hydrogens (tertiary/aromatic N) is 4. The van der Waals surface area contributed by atoms with E-state index in [2.05, 4.69) is 4.98 Å². The molecule has 1 fully saturated rings. The predicted octanol–water partition coefficient (Wildman–Crippen LogP) is 1.45. The number of piperidine rings is 1. The minimum atomic E-state index is -0.395. The lowest BCUT2D eigenvalue weighted by atomic mass is 9.96. The maximum Gasteiger partial charge on any atom is 0.253 e. The van der Waals surface area contributed by atoms with E-state index in [4.69, 9.17) is 5.73 Å². The second kappa shape index (κ2) is 7.59. The van der Waals surface area contributed by atoms with E-state index in [1.807, 2.05) is 48.2 Å². The molecule has 0 saturated carbocycles. The molecule has 0 bridgehead atoms.